The molecule has 6 heteroatoms. The molecule has 0 aliphatic carbocycles. The fourth-order valence-electron chi connectivity index (χ4n) is 3.10. The smallest absolute Gasteiger partial charge is 0.371 e. The van der Waals surface area contributed by atoms with Crippen molar-refractivity contribution in [2.24, 2.45) is 0 Å². The number of ether oxygens (including phenoxy) is 3. The SMILES string of the molecule is CO/C(=C\c1ccc(OCCCOc2ccc(-c3ccccc3)cc2)c(CF)c1)C(=O)O. The number of aliphatic carboxylic acids is 1. The molecule has 3 aromatic carbocycles. The van der Waals surface area contributed by atoms with E-state index in [1.54, 1.807) is 18.2 Å². The number of hydrogen-bond acceptors (Lipinski definition) is 4. The Morgan fingerprint density at radius 2 is 1.62 bits per heavy atom. The molecule has 0 radical (unpaired) electrons. The predicted molar refractivity (Wildman–Crippen MR) is 121 cm³/mol. The van der Waals surface area contributed by atoms with Crippen LogP contribution in [0.4, 0.5) is 4.39 Å². The van der Waals surface area contributed by atoms with Crippen molar-refractivity contribution in [3.05, 3.63) is 89.7 Å². The van der Waals surface area contributed by atoms with Gasteiger partial charge in [-0.05, 0) is 47.0 Å². The van der Waals surface area contributed by atoms with Crippen LogP contribution in [-0.4, -0.2) is 31.4 Å². The Morgan fingerprint density at radius 3 is 2.28 bits per heavy atom. The second-order valence-corrected chi connectivity index (χ2v) is 6.96. The van der Waals surface area contributed by atoms with Gasteiger partial charge in [-0.15, -0.1) is 0 Å². The maximum absolute atomic E-state index is 13.4. The molecule has 3 rings (SSSR count). The molecule has 0 unspecified atom stereocenters. The summed E-state index contributed by atoms with van der Waals surface area (Å²) < 4.78 is 29.7. The molecule has 0 bridgehead atoms. The Bertz CT molecular complexity index is 1050. The van der Waals surface area contributed by atoms with E-state index in [4.69, 9.17) is 19.3 Å². The molecule has 3 aromatic rings. The van der Waals surface area contributed by atoms with Gasteiger partial charge in [0.2, 0.25) is 5.76 Å². The van der Waals surface area contributed by atoms with Gasteiger partial charge in [0.05, 0.1) is 20.3 Å². The largest absolute Gasteiger partial charge is 0.493 e. The van der Waals surface area contributed by atoms with E-state index < -0.39 is 12.6 Å². The Kier molecular flexibility index (Phi) is 8.26. The molecule has 0 aromatic heterocycles. The second-order valence-electron chi connectivity index (χ2n) is 6.96. The zero-order chi connectivity index (χ0) is 22.8. The van der Waals surface area contributed by atoms with E-state index in [2.05, 4.69) is 12.1 Å². The van der Waals surface area contributed by atoms with Crippen LogP contribution in [0.1, 0.15) is 17.5 Å². The predicted octanol–water partition coefficient (Wildman–Crippen LogP) is 5.74. The molecule has 1 N–H and O–H groups in total. The van der Waals surface area contributed by atoms with Crippen LogP contribution in [0.15, 0.2) is 78.6 Å². The van der Waals surface area contributed by atoms with E-state index in [0.29, 0.717) is 36.5 Å². The van der Waals surface area contributed by atoms with Gasteiger partial charge in [0.1, 0.15) is 18.2 Å². The summed E-state index contributed by atoms with van der Waals surface area (Å²) in [5, 5.41) is 9.03. The zero-order valence-corrected chi connectivity index (χ0v) is 17.8. The normalized spacial score (nSPS) is 11.1. The highest BCUT2D eigenvalue weighted by Crippen LogP contribution is 2.24. The highest BCUT2D eigenvalue weighted by molar-refractivity contribution is 5.89. The van der Waals surface area contributed by atoms with Crippen LogP contribution >= 0.6 is 0 Å². The summed E-state index contributed by atoms with van der Waals surface area (Å²) in [6, 6.07) is 22.8. The summed E-state index contributed by atoms with van der Waals surface area (Å²) in [5.41, 5.74) is 3.14. The molecule has 166 valence electrons. The summed E-state index contributed by atoms with van der Waals surface area (Å²) in [7, 11) is 1.27. The molecule has 0 heterocycles. The van der Waals surface area contributed by atoms with Gasteiger partial charge in [0.15, 0.2) is 0 Å². The van der Waals surface area contributed by atoms with E-state index in [-0.39, 0.29) is 5.76 Å². The molecule has 0 saturated heterocycles. The van der Waals surface area contributed by atoms with Crippen molar-refractivity contribution in [1.82, 2.24) is 0 Å². The summed E-state index contributed by atoms with van der Waals surface area (Å²) >= 11 is 0. The van der Waals surface area contributed by atoms with Gasteiger partial charge in [-0.25, -0.2) is 9.18 Å². The summed E-state index contributed by atoms with van der Waals surface area (Å²) in [6.45, 7) is 0.103. The van der Waals surface area contributed by atoms with Crippen molar-refractivity contribution in [2.45, 2.75) is 13.1 Å². The summed E-state index contributed by atoms with van der Waals surface area (Å²) in [5.74, 6) is -0.217. The number of carboxylic acid groups (broad SMARTS) is 1. The lowest BCUT2D eigenvalue weighted by Gasteiger charge is -2.12. The zero-order valence-electron chi connectivity index (χ0n) is 17.8. The quantitative estimate of drug-likeness (QED) is 0.236. The molecule has 0 saturated carbocycles. The lowest BCUT2D eigenvalue weighted by molar-refractivity contribution is -0.135. The Morgan fingerprint density at radius 1 is 0.938 bits per heavy atom. The van der Waals surface area contributed by atoms with Crippen molar-refractivity contribution in [2.75, 3.05) is 20.3 Å². The lowest BCUT2D eigenvalue weighted by atomic mass is 10.1. The van der Waals surface area contributed by atoms with E-state index in [1.165, 1.54) is 13.2 Å². The number of carbonyl (C=O) groups is 1. The molecule has 32 heavy (non-hydrogen) atoms. The van der Waals surface area contributed by atoms with Gasteiger partial charge in [-0.3, -0.25) is 0 Å². The average molecular weight is 436 g/mol. The van der Waals surface area contributed by atoms with Crippen LogP contribution in [0.25, 0.3) is 17.2 Å². The van der Waals surface area contributed by atoms with Gasteiger partial charge >= 0.3 is 5.97 Å². The van der Waals surface area contributed by atoms with Crippen molar-refractivity contribution < 1.29 is 28.5 Å². The van der Waals surface area contributed by atoms with E-state index in [9.17, 15) is 9.18 Å². The number of methoxy groups -OCH3 is 1. The first kappa shape index (κ1) is 22.9. The number of rotatable bonds is 11. The highest BCUT2D eigenvalue weighted by atomic mass is 19.1. The molecule has 0 fully saturated rings. The minimum absolute atomic E-state index is 0.225. The number of alkyl halides is 1. The maximum atomic E-state index is 13.4. The minimum atomic E-state index is -1.19. The molecule has 0 aliphatic rings. The number of halogens is 1. The fourth-order valence-corrected chi connectivity index (χ4v) is 3.10. The summed E-state index contributed by atoms with van der Waals surface area (Å²) in [4.78, 5) is 11.0. The monoisotopic (exact) mass is 436 g/mol. The average Bonchev–Trinajstić information content (AvgIpc) is 2.83. The molecule has 0 amide bonds. The maximum Gasteiger partial charge on any atom is 0.371 e. The van der Waals surface area contributed by atoms with Gasteiger partial charge in [-0.2, -0.15) is 0 Å². The fraction of sp³-hybridized carbons (Fsp3) is 0.192. The molecular formula is C26H25FO5. The van der Waals surface area contributed by atoms with Gasteiger partial charge < -0.3 is 19.3 Å². The topological polar surface area (TPSA) is 65.0 Å². The lowest BCUT2D eigenvalue weighted by Crippen LogP contribution is -2.06. The van der Waals surface area contributed by atoms with Crippen molar-refractivity contribution in [3.63, 3.8) is 0 Å². The first-order chi connectivity index (χ1) is 15.6. The van der Waals surface area contributed by atoms with Crippen LogP contribution in [0.5, 0.6) is 11.5 Å². The van der Waals surface area contributed by atoms with E-state index >= 15 is 0 Å². The third-order valence-electron chi connectivity index (χ3n) is 4.73. The van der Waals surface area contributed by atoms with Crippen LogP contribution in [0, 0.1) is 0 Å². The van der Waals surface area contributed by atoms with Gasteiger partial charge in [-0.1, -0.05) is 48.5 Å². The first-order valence-electron chi connectivity index (χ1n) is 10.2. The molecule has 0 aliphatic heterocycles. The number of benzene rings is 3. The Hall–Kier alpha value is -3.80. The Balaban J connectivity index is 1.48. The molecule has 0 atom stereocenters. The van der Waals surface area contributed by atoms with Crippen LogP contribution in [0.3, 0.4) is 0 Å². The molecule has 0 spiro atoms. The van der Waals surface area contributed by atoms with Gasteiger partial charge in [0.25, 0.3) is 0 Å². The third-order valence-corrected chi connectivity index (χ3v) is 4.73. The summed E-state index contributed by atoms with van der Waals surface area (Å²) in [6.07, 6.45) is 1.96. The van der Waals surface area contributed by atoms with E-state index in [0.717, 1.165) is 16.9 Å². The first-order valence-corrected chi connectivity index (χ1v) is 10.2. The van der Waals surface area contributed by atoms with Crippen molar-refractivity contribution in [3.8, 4) is 22.6 Å². The molecular weight excluding hydrogens is 411 g/mol. The van der Waals surface area contributed by atoms with E-state index in [1.807, 2.05) is 42.5 Å². The highest BCUT2D eigenvalue weighted by Gasteiger charge is 2.09. The van der Waals surface area contributed by atoms with Crippen molar-refractivity contribution >= 4 is 12.0 Å². The third kappa shape index (κ3) is 6.35. The minimum Gasteiger partial charge on any atom is -0.493 e. The van der Waals surface area contributed by atoms with Crippen LogP contribution < -0.4 is 9.47 Å². The van der Waals surface area contributed by atoms with Crippen LogP contribution in [0.2, 0.25) is 0 Å². The molecule has 5 nitrogen and oxygen atoms in total. The number of hydrogen-bond donors (Lipinski definition) is 1. The number of carboxylic acids is 1. The second kappa shape index (κ2) is 11.6. The van der Waals surface area contributed by atoms with Crippen LogP contribution in [-0.2, 0) is 16.2 Å². The Labute approximate surface area is 186 Å². The van der Waals surface area contributed by atoms with Crippen molar-refractivity contribution in [1.29, 1.82) is 0 Å². The van der Waals surface area contributed by atoms with Gasteiger partial charge in [0, 0.05) is 12.0 Å². The standard InChI is InChI=1S/C26H25FO5/c1-30-25(26(28)29)17-19-8-13-24(22(16-19)18-27)32-15-5-14-31-23-11-9-21(10-12-23)20-6-3-2-4-7-20/h2-4,6-13,16-17H,5,14-15,18H2,1H3,(H,28,29)/b25-17-.